The number of fused-ring (bicyclic) bond motifs is 6. The van der Waals surface area contributed by atoms with Gasteiger partial charge in [-0.1, -0.05) is 0 Å². The van der Waals surface area contributed by atoms with Gasteiger partial charge in [0.25, 0.3) is 6.29 Å². The number of carbonyl (C=O) groups is 8. The standard InChI is InChI=1S/C36H28O15/c1-12-22(46-13(2)37)11-20-25(31(12)47-14(3)38)30(43)28-27(29(20)42)34(49-16(5)40)24-19(32(28)45-7)9-8-18-10-21-26(33(23(18)24)48-15(4)39)35(44)51-36(21)50-17(6)41/h10-11,36H,8-9H2,1-7H3. The van der Waals surface area contributed by atoms with E-state index in [-0.39, 0.29) is 85.9 Å². The minimum atomic E-state index is -1.45. The van der Waals surface area contributed by atoms with E-state index in [2.05, 4.69) is 0 Å². The Labute approximate surface area is 288 Å². The van der Waals surface area contributed by atoms with Crippen molar-refractivity contribution in [3.8, 4) is 39.9 Å². The van der Waals surface area contributed by atoms with Gasteiger partial charge in [-0.2, -0.15) is 0 Å². The first-order valence-electron chi connectivity index (χ1n) is 15.4. The highest BCUT2D eigenvalue weighted by Crippen LogP contribution is 2.56. The van der Waals surface area contributed by atoms with Gasteiger partial charge in [-0.15, -0.1) is 0 Å². The Bertz CT molecular complexity index is 2210. The van der Waals surface area contributed by atoms with Crippen LogP contribution in [0.5, 0.6) is 28.7 Å². The van der Waals surface area contributed by atoms with Crippen LogP contribution in [0, 0.1) is 6.92 Å². The Morgan fingerprint density at radius 3 is 1.76 bits per heavy atom. The molecule has 1 heterocycles. The first-order chi connectivity index (χ1) is 24.0. The molecule has 0 aromatic heterocycles. The smallest absolute Gasteiger partial charge is 0.345 e. The molecule has 3 aliphatic rings. The normalized spacial score (nSPS) is 14.9. The largest absolute Gasteiger partial charge is 0.496 e. The van der Waals surface area contributed by atoms with Gasteiger partial charge in [0.05, 0.1) is 29.4 Å². The van der Waals surface area contributed by atoms with Crippen LogP contribution in [-0.2, 0) is 46.3 Å². The first-order valence-corrected chi connectivity index (χ1v) is 15.4. The molecule has 0 radical (unpaired) electrons. The highest BCUT2D eigenvalue weighted by atomic mass is 16.7. The van der Waals surface area contributed by atoms with Gasteiger partial charge in [-0.3, -0.25) is 33.6 Å². The summed E-state index contributed by atoms with van der Waals surface area (Å²) in [5.74, 6) is -8.20. The van der Waals surface area contributed by atoms with Crippen LogP contribution in [0.4, 0.5) is 0 Å². The van der Waals surface area contributed by atoms with Gasteiger partial charge < -0.3 is 33.2 Å². The molecule has 2 aliphatic carbocycles. The number of aryl methyl sites for hydroxylation is 1. The molecule has 3 aromatic rings. The lowest BCUT2D eigenvalue weighted by molar-refractivity contribution is -0.165. The zero-order valence-corrected chi connectivity index (χ0v) is 28.3. The van der Waals surface area contributed by atoms with Crippen LogP contribution < -0.4 is 23.7 Å². The van der Waals surface area contributed by atoms with Crippen molar-refractivity contribution in [2.75, 3.05) is 7.11 Å². The number of benzene rings is 3. The van der Waals surface area contributed by atoms with Crippen molar-refractivity contribution in [3.05, 3.63) is 62.2 Å². The molecule has 51 heavy (non-hydrogen) atoms. The SMILES string of the molecule is COc1c2c(c(OC(C)=O)c3c1C(=O)c1c(cc(OC(C)=O)c(C)c1OC(C)=O)C3=O)-c1c(cc3c(c1OC(C)=O)C(=O)OC3OC(C)=O)CC2. The van der Waals surface area contributed by atoms with Crippen LogP contribution in [-0.4, -0.2) is 54.5 Å². The lowest BCUT2D eigenvalue weighted by Crippen LogP contribution is -2.27. The molecule has 1 aliphatic heterocycles. The van der Waals surface area contributed by atoms with Crippen molar-refractivity contribution in [2.45, 2.75) is 60.7 Å². The number of esters is 6. The molecular formula is C36H28O15. The third-order valence-electron chi connectivity index (χ3n) is 8.34. The molecular weight excluding hydrogens is 672 g/mol. The third kappa shape index (κ3) is 5.56. The summed E-state index contributed by atoms with van der Waals surface area (Å²) in [6.45, 7) is 6.90. The summed E-state index contributed by atoms with van der Waals surface area (Å²) in [5, 5.41) is 0. The van der Waals surface area contributed by atoms with Gasteiger partial charge in [0.2, 0.25) is 5.78 Å². The highest BCUT2D eigenvalue weighted by Gasteiger charge is 2.46. The molecule has 0 saturated carbocycles. The van der Waals surface area contributed by atoms with E-state index in [1.54, 1.807) is 0 Å². The zero-order valence-electron chi connectivity index (χ0n) is 28.3. The Morgan fingerprint density at radius 2 is 1.20 bits per heavy atom. The second-order valence-electron chi connectivity index (χ2n) is 11.8. The van der Waals surface area contributed by atoms with E-state index >= 15 is 0 Å². The summed E-state index contributed by atoms with van der Waals surface area (Å²) in [7, 11) is 1.25. The van der Waals surface area contributed by atoms with E-state index in [0.29, 0.717) is 5.56 Å². The average molecular weight is 701 g/mol. The van der Waals surface area contributed by atoms with Gasteiger partial charge >= 0.3 is 35.8 Å². The molecule has 15 heteroatoms. The maximum Gasteiger partial charge on any atom is 0.345 e. The fourth-order valence-electron chi connectivity index (χ4n) is 6.66. The number of methoxy groups -OCH3 is 1. The quantitative estimate of drug-likeness (QED) is 0.206. The minimum absolute atomic E-state index is 0.00182. The predicted molar refractivity (Wildman–Crippen MR) is 169 cm³/mol. The van der Waals surface area contributed by atoms with Gasteiger partial charge in [0.15, 0.2) is 17.3 Å². The van der Waals surface area contributed by atoms with Gasteiger partial charge in [0.1, 0.15) is 22.8 Å². The molecule has 3 aromatic carbocycles. The second-order valence-corrected chi connectivity index (χ2v) is 11.8. The number of hydrogen-bond donors (Lipinski definition) is 0. The zero-order chi connectivity index (χ0) is 37.2. The van der Waals surface area contributed by atoms with E-state index < -0.39 is 65.0 Å². The number of hydrogen-bond acceptors (Lipinski definition) is 15. The molecule has 15 nitrogen and oxygen atoms in total. The average Bonchev–Trinajstić information content (AvgIpc) is 3.33. The van der Waals surface area contributed by atoms with Crippen molar-refractivity contribution in [3.63, 3.8) is 0 Å². The monoisotopic (exact) mass is 700 g/mol. The van der Waals surface area contributed by atoms with Gasteiger partial charge in [-0.05, 0) is 37.5 Å². The highest BCUT2D eigenvalue weighted by molar-refractivity contribution is 6.32. The van der Waals surface area contributed by atoms with E-state index in [1.807, 2.05) is 0 Å². The molecule has 262 valence electrons. The molecule has 0 saturated heterocycles. The Morgan fingerprint density at radius 1 is 0.627 bits per heavy atom. The number of ketones is 2. The Kier molecular flexibility index (Phi) is 8.45. The number of ether oxygens (including phenoxy) is 7. The maximum absolute atomic E-state index is 14.7. The number of carbonyl (C=O) groups excluding carboxylic acids is 8. The Hall–Kier alpha value is -6.38. The molecule has 0 spiro atoms. The van der Waals surface area contributed by atoms with E-state index in [1.165, 1.54) is 20.1 Å². The number of cyclic esters (lactones) is 1. The van der Waals surface area contributed by atoms with Crippen LogP contribution in [0.15, 0.2) is 12.1 Å². The predicted octanol–water partition coefficient (Wildman–Crippen LogP) is 3.98. The fourth-order valence-corrected chi connectivity index (χ4v) is 6.66. The van der Waals surface area contributed by atoms with E-state index in [4.69, 9.17) is 33.2 Å². The van der Waals surface area contributed by atoms with Crippen LogP contribution >= 0.6 is 0 Å². The molecule has 6 rings (SSSR count). The maximum atomic E-state index is 14.7. The van der Waals surface area contributed by atoms with Crippen LogP contribution in [0.2, 0.25) is 0 Å². The third-order valence-corrected chi connectivity index (χ3v) is 8.34. The lowest BCUT2D eigenvalue weighted by atomic mass is 9.74. The summed E-state index contributed by atoms with van der Waals surface area (Å²) in [5.41, 5.74) is -0.775. The first kappa shape index (κ1) is 34.5. The summed E-state index contributed by atoms with van der Waals surface area (Å²) < 4.78 is 38.4. The fraction of sp³-hybridized carbons (Fsp3) is 0.278. The minimum Gasteiger partial charge on any atom is -0.496 e. The second kappa shape index (κ2) is 12.5. The van der Waals surface area contributed by atoms with Crippen LogP contribution in [0.3, 0.4) is 0 Å². The van der Waals surface area contributed by atoms with Gasteiger partial charge in [0, 0.05) is 62.4 Å². The van der Waals surface area contributed by atoms with Crippen molar-refractivity contribution in [1.82, 2.24) is 0 Å². The topological polar surface area (TPSA) is 201 Å². The summed E-state index contributed by atoms with van der Waals surface area (Å²) in [4.78, 5) is 104. The molecule has 1 atom stereocenters. The lowest BCUT2D eigenvalue weighted by Gasteiger charge is -2.31. The van der Waals surface area contributed by atoms with E-state index in [9.17, 15) is 38.4 Å². The summed E-state index contributed by atoms with van der Waals surface area (Å²) in [6.07, 6.45) is -1.18. The molecule has 0 bridgehead atoms. The molecule has 0 amide bonds. The molecule has 0 N–H and O–H groups in total. The van der Waals surface area contributed by atoms with Crippen molar-refractivity contribution < 1.29 is 71.5 Å². The summed E-state index contributed by atoms with van der Waals surface area (Å²) in [6, 6.07) is 2.66. The number of rotatable bonds is 6. The van der Waals surface area contributed by atoms with E-state index in [0.717, 1.165) is 40.7 Å². The van der Waals surface area contributed by atoms with Crippen LogP contribution in [0.25, 0.3) is 11.1 Å². The Balaban J connectivity index is 1.74. The van der Waals surface area contributed by atoms with Gasteiger partial charge in [-0.25, -0.2) is 4.79 Å². The van der Waals surface area contributed by atoms with Crippen molar-refractivity contribution in [2.24, 2.45) is 0 Å². The van der Waals surface area contributed by atoms with Crippen molar-refractivity contribution >= 4 is 47.4 Å². The molecule has 0 fully saturated rings. The summed E-state index contributed by atoms with van der Waals surface area (Å²) >= 11 is 0. The van der Waals surface area contributed by atoms with Crippen LogP contribution in [0.1, 0.15) is 105 Å². The molecule has 1 unspecified atom stereocenters. The van der Waals surface area contributed by atoms with Crippen molar-refractivity contribution in [1.29, 1.82) is 0 Å².